The van der Waals surface area contributed by atoms with Gasteiger partial charge in [-0.3, -0.25) is 15.5 Å². The highest BCUT2D eigenvalue weighted by Gasteiger charge is 2.13. The summed E-state index contributed by atoms with van der Waals surface area (Å²) in [4.78, 5) is 18.5. The van der Waals surface area contributed by atoms with E-state index in [1.54, 1.807) is 12.1 Å². The lowest BCUT2D eigenvalue weighted by molar-refractivity contribution is -0.384. The third kappa shape index (κ3) is 4.53. The molecule has 4 rings (SSSR count). The fraction of sp³-hybridized carbons (Fsp3) is 0. The number of hydrogen-bond donors (Lipinski definition) is 1. The zero-order valence-electron chi connectivity index (χ0n) is 15.9. The number of aromatic nitrogens is 1. The molecule has 7 heteroatoms. The summed E-state index contributed by atoms with van der Waals surface area (Å²) in [6, 6.07) is 27.7. The van der Waals surface area contributed by atoms with Gasteiger partial charge in [0.05, 0.1) is 16.8 Å². The molecule has 30 heavy (non-hydrogen) atoms. The van der Waals surface area contributed by atoms with Crippen molar-refractivity contribution in [3.05, 3.63) is 112 Å². The maximum absolute atomic E-state index is 11.0. The Morgan fingerprint density at radius 3 is 2.57 bits per heavy atom. The highest BCUT2D eigenvalue weighted by molar-refractivity contribution is 5.98. The summed E-state index contributed by atoms with van der Waals surface area (Å²) in [5, 5.41) is 16.3. The van der Waals surface area contributed by atoms with E-state index in [2.05, 4.69) is 20.5 Å². The molecule has 0 unspecified atom stereocenters. The molecule has 0 spiro atoms. The van der Waals surface area contributed by atoms with Gasteiger partial charge in [0.2, 0.25) is 17.0 Å². The fourth-order valence-electron chi connectivity index (χ4n) is 2.92. The van der Waals surface area contributed by atoms with Crippen molar-refractivity contribution >= 4 is 34.3 Å². The summed E-state index contributed by atoms with van der Waals surface area (Å²) < 4.78 is 0. The molecule has 0 saturated heterocycles. The molecule has 4 aromatic rings. The van der Waals surface area contributed by atoms with Gasteiger partial charge in [-0.25, -0.2) is 9.98 Å². The molecule has 146 valence electrons. The Balaban J connectivity index is 1.66. The number of pyridine rings is 1. The van der Waals surface area contributed by atoms with Gasteiger partial charge in [-0.2, -0.15) is 5.10 Å². The maximum Gasteiger partial charge on any atom is 0.270 e. The number of non-ortho nitro benzene ring substituents is 1. The number of hydrazone groups is 1. The molecular formula is C23H18N5O2+. The minimum Gasteiger partial charge on any atom is -0.258 e. The number of nitro groups is 1. The van der Waals surface area contributed by atoms with Crippen LogP contribution in [0, 0.1) is 10.1 Å². The first-order valence-electron chi connectivity index (χ1n) is 9.28. The number of para-hydroxylation sites is 2. The molecule has 2 N–H and O–H groups in total. The van der Waals surface area contributed by atoms with E-state index in [4.69, 9.17) is 0 Å². The summed E-state index contributed by atoms with van der Waals surface area (Å²) in [7, 11) is 0. The molecule has 1 heterocycles. The molecule has 0 fully saturated rings. The quantitative estimate of drug-likeness (QED) is 0.236. The lowest BCUT2D eigenvalue weighted by Crippen LogP contribution is -2.27. The Hall–Kier alpha value is -4.39. The Bertz CT molecular complexity index is 1250. The van der Waals surface area contributed by atoms with Crippen molar-refractivity contribution < 1.29 is 9.91 Å². The molecule has 0 aliphatic rings. The van der Waals surface area contributed by atoms with E-state index in [1.807, 2.05) is 66.7 Å². The van der Waals surface area contributed by atoms with Crippen LogP contribution in [0.4, 0.5) is 11.4 Å². The normalized spacial score (nSPS) is 11.7. The lowest BCUT2D eigenvalue weighted by Gasteiger charge is -2.03. The third-order valence-electron chi connectivity index (χ3n) is 4.38. The average molecular weight is 396 g/mol. The Morgan fingerprint density at radius 2 is 1.73 bits per heavy atom. The summed E-state index contributed by atoms with van der Waals surface area (Å²) in [6.45, 7) is 0. The SMILES string of the molecule is O=[N+]([O-])c1cccc(/C=N\NC(=Nc2ccccc2)c2ccc3ccccc3[nH+]2)c1. The van der Waals surface area contributed by atoms with Crippen molar-refractivity contribution in [1.29, 1.82) is 0 Å². The van der Waals surface area contributed by atoms with Gasteiger partial charge >= 0.3 is 0 Å². The minimum atomic E-state index is -0.433. The zero-order valence-corrected chi connectivity index (χ0v) is 15.9. The van der Waals surface area contributed by atoms with Gasteiger partial charge in [-0.1, -0.05) is 42.5 Å². The van der Waals surface area contributed by atoms with Crippen molar-refractivity contribution in [2.45, 2.75) is 0 Å². The van der Waals surface area contributed by atoms with Crippen LogP contribution in [-0.2, 0) is 0 Å². The molecule has 0 saturated carbocycles. The van der Waals surface area contributed by atoms with Gasteiger partial charge in [0.15, 0.2) is 0 Å². The van der Waals surface area contributed by atoms with Crippen molar-refractivity contribution in [3.8, 4) is 0 Å². The van der Waals surface area contributed by atoms with Crippen LogP contribution in [0.1, 0.15) is 11.3 Å². The van der Waals surface area contributed by atoms with Gasteiger partial charge < -0.3 is 0 Å². The standard InChI is InChI=1S/C23H17N5O2/c29-28(30)20-11-6-7-17(15-20)16-24-27-23(25-19-9-2-1-3-10-19)22-14-13-18-8-4-5-12-21(18)26-22/h1-16H,(H,25,27)/p+1/b24-16-. The second-order valence-corrected chi connectivity index (χ2v) is 6.48. The van der Waals surface area contributed by atoms with Crippen LogP contribution in [0.3, 0.4) is 0 Å². The van der Waals surface area contributed by atoms with E-state index in [0.717, 1.165) is 22.3 Å². The van der Waals surface area contributed by atoms with Crippen LogP contribution in [0.15, 0.2) is 101 Å². The molecule has 0 bridgehead atoms. The number of hydrogen-bond acceptors (Lipinski definition) is 4. The van der Waals surface area contributed by atoms with Gasteiger partial charge in [0.1, 0.15) is 0 Å². The lowest BCUT2D eigenvalue weighted by atomic mass is 10.2. The van der Waals surface area contributed by atoms with E-state index in [1.165, 1.54) is 18.3 Å². The van der Waals surface area contributed by atoms with Crippen molar-refractivity contribution in [2.75, 3.05) is 0 Å². The van der Waals surface area contributed by atoms with E-state index >= 15 is 0 Å². The Kier molecular flexibility index (Phi) is 5.52. The van der Waals surface area contributed by atoms with Gasteiger partial charge in [-0.05, 0) is 24.3 Å². The van der Waals surface area contributed by atoms with Crippen LogP contribution in [-0.4, -0.2) is 17.0 Å². The van der Waals surface area contributed by atoms with E-state index in [9.17, 15) is 10.1 Å². The number of rotatable bonds is 5. The second-order valence-electron chi connectivity index (χ2n) is 6.48. The maximum atomic E-state index is 11.0. The van der Waals surface area contributed by atoms with Crippen LogP contribution in [0.25, 0.3) is 10.9 Å². The predicted molar refractivity (Wildman–Crippen MR) is 117 cm³/mol. The second kappa shape index (κ2) is 8.74. The number of fused-ring (bicyclic) bond motifs is 1. The molecule has 1 aromatic heterocycles. The number of amidine groups is 1. The average Bonchev–Trinajstić information content (AvgIpc) is 2.79. The first-order chi connectivity index (χ1) is 14.7. The summed E-state index contributed by atoms with van der Waals surface area (Å²) >= 11 is 0. The summed E-state index contributed by atoms with van der Waals surface area (Å²) in [5.41, 5.74) is 6.09. The molecule has 0 amide bonds. The zero-order chi connectivity index (χ0) is 20.8. The third-order valence-corrected chi connectivity index (χ3v) is 4.38. The molecular weight excluding hydrogens is 378 g/mol. The number of aliphatic imine (C=N–C) groups is 1. The van der Waals surface area contributed by atoms with Gasteiger partial charge in [-0.15, -0.1) is 0 Å². The monoisotopic (exact) mass is 396 g/mol. The summed E-state index contributed by atoms with van der Waals surface area (Å²) in [5.74, 6) is 0.522. The molecule has 0 atom stereocenters. The smallest absolute Gasteiger partial charge is 0.258 e. The number of aromatic amines is 1. The van der Waals surface area contributed by atoms with Crippen LogP contribution in [0.5, 0.6) is 0 Å². The highest BCUT2D eigenvalue weighted by atomic mass is 16.6. The Labute approximate surface area is 172 Å². The van der Waals surface area contributed by atoms with Crippen molar-refractivity contribution in [1.82, 2.24) is 5.43 Å². The number of nitro benzene ring substituents is 1. The van der Waals surface area contributed by atoms with Gasteiger partial charge in [0, 0.05) is 35.2 Å². The summed E-state index contributed by atoms with van der Waals surface area (Å²) in [6.07, 6.45) is 1.52. The number of H-pyrrole nitrogens is 1. The number of nitrogens with one attached hydrogen (secondary N) is 2. The van der Waals surface area contributed by atoms with Gasteiger partial charge in [0.25, 0.3) is 5.69 Å². The first kappa shape index (κ1) is 18.9. The van der Waals surface area contributed by atoms with E-state index in [0.29, 0.717) is 11.4 Å². The molecule has 0 aliphatic carbocycles. The van der Waals surface area contributed by atoms with Crippen molar-refractivity contribution in [3.63, 3.8) is 0 Å². The number of nitrogens with zero attached hydrogens (tertiary/aromatic N) is 3. The van der Waals surface area contributed by atoms with Crippen LogP contribution >= 0.6 is 0 Å². The predicted octanol–water partition coefficient (Wildman–Crippen LogP) is 4.26. The number of benzene rings is 3. The van der Waals surface area contributed by atoms with E-state index in [-0.39, 0.29) is 5.69 Å². The molecule has 7 nitrogen and oxygen atoms in total. The Morgan fingerprint density at radius 1 is 0.933 bits per heavy atom. The molecule has 3 aromatic carbocycles. The van der Waals surface area contributed by atoms with E-state index < -0.39 is 4.92 Å². The topological polar surface area (TPSA) is 94.0 Å². The highest BCUT2D eigenvalue weighted by Crippen LogP contribution is 2.14. The molecule has 0 aliphatic heterocycles. The van der Waals surface area contributed by atoms with Crippen LogP contribution < -0.4 is 10.4 Å². The first-order valence-corrected chi connectivity index (χ1v) is 9.28. The minimum absolute atomic E-state index is 0.0139. The fourth-order valence-corrected chi connectivity index (χ4v) is 2.92. The molecule has 0 radical (unpaired) electrons. The largest absolute Gasteiger partial charge is 0.270 e. The van der Waals surface area contributed by atoms with Crippen molar-refractivity contribution in [2.24, 2.45) is 10.1 Å². The van der Waals surface area contributed by atoms with Crippen LogP contribution in [0.2, 0.25) is 0 Å².